The van der Waals surface area contributed by atoms with Gasteiger partial charge in [-0.3, -0.25) is 4.79 Å². The molecular weight excluding hydrogens is 344 g/mol. The number of nitrogens with zero attached hydrogens (tertiary/aromatic N) is 3. The van der Waals surface area contributed by atoms with Gasteiger partial charge in [0.15, 0.2) is 11.5 Å². The first kappa shape index (κ1) is 17.6. The van der Waals surface area contributed by atoms with Crippen molar-refractivity contribution in [3.63, 3.8) is 0 Å². The molecule has 2 N–H and O–H groups in total. The molecule has 4 rings (SSSR count). The Balaban J connectivity index is 1.69. The van der Waals surface area contributed by atoms with Crippen LogP contribution in [-0.4, -0.2) is 41.0 Å². The molecule has 2 aliphatic rings. The summed E-state index contributed by atoms with van der Waals surface area (Å²) in [5.74, 6) is 1.49. The summed E-state index contributed by atoms with van der Waals surface area (Å²) in [5, 5.41) is 0. The second kappa shape index (κ2) is 7.42. The van der Waals surface area contributed by atoms with Gasteiger partial charge in [-0.15, -0.1) is 0 Å². The Morgan fingerprint density at radius 2 is 2.07 bits per heavy atom. The molecule has 0 saturated carbocycles. The SMILES string of the molecule is COc1cccc2c1OCCCN(C(=O)c1nc(N)nc3c1CCCC3)C2. The summed E-state index contributed by atoms with van der Waals surface area (Å²) in [7, 11) is 1.62. The second-order valence-electron chi connectivity index (χ2n) is 6.94. The number of benzene rings is 1. The van der Waals surface area contributed by atoms with E-state index in [-0.39, 0.29) is 11.9 Å². The van der Waals surface area contributed by atoms with Gasteiger partial charge in [-0.25, -0.2) is 9.97 Å². The van der Waals surface area contributed by atoms with Crippen molar-refractivity contribution in [2.45, 2.75) is 38.6 Å². The van der Waals surface area contributed by atoms with Crippen LogP contribution >= 0.6 is 0 Å². The normalized spacial score (nSPS) is 16.4. The zero-order valence-corrected chi connectivity index (χ0v) is 15.5. The van der Waals surface area contributed by atoms with Crippen molar-refractivity contribution in [1.29, 1.82) is 0 Å². The molecule has 0 saturated heterocycles. The molecule has 7 heteroatoms. The van der Waals surface area contributed by atoms with Gasteiger partial charge in [0.05, 0.1) is 13.7 Å². The molecule has 2 heterocycles. The minimum absolute atomic E-state index is 0.0853. The molecule has 1 aliphatic heterocycles. The molecule has 27 heavy (non-hydrogen) atoms. The number of rotatable bonds is 2. The number of carbonyl (C=O) groups excluding carboxylic acids is 1. The topological polar surface area (TPSA) is 90.6 Å². The summed E-state index contributed by atoms with van der Waals surface area (Å²) in [6, 6.07) is 5.75. The minimum Gasteiger partial charge on any atom is -0.493 e. The summed E-state index contributed by atoms with van der Waals surface area (Å²) in [5.41, 5.74) is 9.17. The predicted molar refractivity (Wildman–Crippen MR) is 101 cm³/mol. The van der Waals surface area contributed by atoms with Crippen LogP contribution in [0.3, 0.4) is 0 Å². The van der Waals surface area contributed by atoms with Gasteiger partial charge in [0.25, 0.3) is 5.91 Å². The van der Waals surface area contributed by atoms with E-state index in [0.717, 1.165) is 48.9 Å². The molecule has 0 unspecified atom stereocenters. The van der Waals surface area contributed by atoms with Crippen LogP contribution < -0.4 is 15.2 Å². The van der Waals surface area contributed by atoms with Crippen molar-refractivity contribution in [2.24, 2.45) is 0 Å². The van der Waals surface area contributed by atoms with Crippen LogP contribution in [0.4, 0.5) is 5.95 Å². The number of ether oxygens (including phenoxy) is 2. The van der Waals surface area contributed by atoms with Gasteiger partial charge >= 0.3 is 0 Å². The maximum Gasteiger partial charge on any atom is 0.273 e. The number of nitrogen functional groups attached to an aromatic ring is 1. The van der Waals surface area contributed by atoms with Gasteiger partial charge in [-0.1, -0.05) is 12.1 Å². The fourth-order valence-electron chi connectivity index (χ4n) is 3.84. The number of fused-ring (bicyclic) bond motifs is 2. The van der Waals surface area contributed by atoms with Crippen LogP contribution in [0.25, 0.3) is 0 Å². The number of aromatic nitrogens is 2. The average molecular weight is 368 g/mol. The maximum absolute atomic E-state index is 13.4. The fourth-order valence-corrected chi connectivity index (χ4v) is 3.84. The van der Waals surface area contributed by atoms with Crippen LogP contribution in [0, 0.1) is 0 Å². The third kappa shape index (κ3) is 3.41. The Hall–Kier alpha value is -2.83. The lowest BCUT2D eigenvalue weighted by molar-refractivity contribution is 0.0713. The number of hydrogen-bond donors (Lipinski definition) is 1. The minimum atomic E-state index is -0.0853. The van der Waals surface area contributed by atoms with E-state index in [1.54, 1.807) is 7.11 Å². The van der Waals surface area contributed by atoms with Gasteiger partial charge in [0, 0.05) is 29.9 Å². The van der Waals surface area contributed by atoms with E-state index in [2.05, 4.69) is 9.97 Å². The molecular formula is C20H24N4O3. The number of methoxy groups -OCH3 is 1. The average Bonchev–Trinajstić information content (AvgIpc) is 2.67. The number of amides is 1. The first-order chi connectivity index (χ1) is 13.2. The molecule has 0 atom stereocenters. The Kier molecular flexibility index (Phi) is 4.83. The highest BCUT2D eigenvalue weighted by molar-refractivity contribution is 5.94. The summed E-state index contributed by atoms with van der Waals surface area (Å²) in [4.78, 5) is 23.9. The Bertz CT molecular complexity index is 869. The lowest BCUT2D eigenvalue weighted by Gasteiger charge is -2.28. The molecule has 0 fully saturated rings. The van der Waals surface area contributed by atoms with E-state index in [1.165, 1.54) is 0 Å². The van der Waals surface area contributed by atoms with E-state index in [0.29, 0.717) is 36.9 Å². The number of anilines is 1. The molecule has 0 radical (unpaired) electrons. The maximum atomic E-state index is 13.4. The number of para-hydroxylation sites is 1. The van der Waals surface area contributed by atoms with Crippen LogP contribution in [0.1, 0.15) is 46.6 Å². The van der Waals surface area contributed by atoms with E-state index >= 15 is 0 Å². The zero-order chi connectivity index (χ0) is 18.8. The van der Waals surface area contributed by atoms with E-state index in [9.17, 15) is 4.79 Å². The number of carbonyl (C=O) groups is 1. The van der Waals surface area contributed by atoms with E-state index in [1.807, 2.05) is 23.1 Å². The van der Waals surface area contributed by atoms with Crippen LogP contribution in [-0.2, 0) is 19.4 Å². The molecule has 0 spiro atoms. The molecule has 0 bridgehead atoms. The molecule has 1 amide bonds. The molecule has 142 valence electrons. The number of nitrogens with two attached hydrogens (primary N) is 1. The van der Waals surface area contributed by atoms with Crippen molar-refractivity contribution in [3.8, 4) is 11.5 Å². The summed E-state index contributed by atoms with van der Waals surface area (Å²) in [6.07, 6.45) is 4.56. The van der Waals surface area contributed by atoms with Crippen LogP contribution in [0.15, 0.2) is 18.2 Å². The third-order valence-corrected chi connectivity index (χ3v) is 5.15. The largest absolute Gasteiger partial charge is 0.493 e. The predicted octanol–water partition coefficient (Wildman–Crippen LogP) is 2.37. The molecule has 1 aliphatic carbocycles. The van der Waals surface area contributed by atoms with E-state index < -0.39 is 0 Å². The highest BCUT2D eigenvalue weighted by Crippen LogP contribution is 2.33. The van der Waals surface area contributed by atoms with Gasteiger partial charge in [0.1, 0.15) is 5.69 Å². The monoisotopic (exact) mass is 368 g/mol. The zero-order valence-electron chi connectivity index (χ0n) is 15.5. The van der Waals surface area contributed by atoms with Crippen molar-refractivity contribution in [1.82, 2.24) is 14.9 Å². The number of hydrogen-bond acceptors (Lipinski definition) is 6. The summed E-state index contributed by atoms with van der Waals surface area (Å²) >= 11 is 0. The molecule has 2 aromatic rings. The van der Waals surface area contributed by atoms with Crippen molar-refractivity contribution in [3.05, 3.63) is 40.7 Å². The Morgan fingerprint density at radius 1 is 1.22 bits per heavy atom. The lowest BCUT2D eigenvalue weighted by Crippen LogP contribution is -2.35. The summed E-state index contributed by atoms with van der Waals surface area (Å²) in [6.45, 7) is 1.58. The highest BCUT2D eigenvalue weighted by atomic mass is 16.5. The fraction of sp³-hybridized carbons (Fsp3) is 0.450. The lowest BCUT2D eigenvalue weighted by atomic mass is 9.94. The second-order valence-corrected chi connectivity index (χ2v) is 6.94. The third-order valence-electron chi connectivity index (χ3n) is 5.15. The Labute approximate surface area is 158 Å². The molecule has 7 nitrogen and oxygen atoms in total. The first-order valence-corrected chi connectivity index (χ1v) is 9.40. The Morgan fingerprint density at radius 3 is 2.93 bits per heavy atom. The summed E-state index contributed by atoms with van der Waals surface area (Å²) < 4.78 is 11.3. The van der Waals surface area contributed by atoms with Crippen LogP contribution in [0.2, 0.25) is 0 Å². The molecule has 1 aromatic carbocycles. The van der Waals surface area contributed by atoms with Gasteiger partial charge in [0.2, 0.25) is 5.95 Å². The van der Waals surface area contributed by atoms with Crippen molar-refractivity contribution in [2.75, 3.05) is 26.0 Å². The van der Waals surface area contributed by atoms with E-state index in [4.69, 9.17) is 15.2 Å². The standard InChI is InChI=1S/C20H24N4O3/c1-26-16-9-4-6-13-12-24(10-5-11-27-18(13)16)19(25)17-14-7-2-3-8-15(14)22-20(21)23-17/h4,6,9H,2-3,5,7-8,10-12H2,1H3,(H2,21,22,23). The van der Waals surface area contributed by atoms with Gasteiger partial charge in [-0.05, 0) is 38.2 Å². The van der Waals surface area contributed by atoms with Crippen molar-refractivity contribution >= 4 is 11.9 Å². The van der Waals surface area contributed by atoms with Crippen molar-refractivity contribution < 1.29 is 14.3 Å². The number of aryl methyl sites for hydroxylation is 1. The molecule has 1 aromatic heterocycles. The van der Waals surface area contributed by atoms with Gasteiger partial charge < -0.3 is 20.1 Å². The van der Waals surface area contributed by atoms with Crippen LogP contribution in [0.5, 0.6) is 11.5 Å². The van der Waals surface area contributed by atoms with Gasteiger partial charge in [-0.2, -0.15) is 0 Å². The highest BCUT2D eigenvalue weighted by Gasteiger charge is 2.27. The quantitative estimate of drug-likeness (QED) is 0.875. The smallest absolute Gasteiger partial charge is 0.273 e. The first-order valence-electron chi connectivity index (χ1n) is 9.40.